The predicted molar refractivity (Wildman–Crippen MR) is 61.2 cm³/mol. The zero-order valence-corrected chi connectivity index (χ0v) is 9.76. The van der Waals surface area contributed by atoms with Crippen LogP contribution in [0.4, 0.5) is 0 Å². The van der Waals surface area contributed by atoms with Crippen LogP contribution in [0, 0.1) is 12.0 Å². The van der Waals surface area contributed by atoms with E-state index < -0.39 is 0 Å². The molecule has 0 aromatic heterocycles. The normalized spacial score (nSPS) is 20.5. The summed E-state index contributed by atoms with van der Waals surface area (Å²) in [7, 11) is 0. The lowest BCUT2D eigenvalue weighted by Gasteiger charge is -2.19. The Morgan fingerprint density at radius 2 is 2.20 bits per heavy atom. The number of unbranched alkanes of at least 4 members (excludes halogenated alkanes) is 4. The van der Waals surface area contributed by atoms with Crippen molar-refractivity contribution in [2.75, 3.05) is 6.61 Å². The summed E-state index contributed by atoms with van der Waals surface area (Å²) in [6.45, 7) is 3.04. The molecule has 0 spiro atoms. The molecule has 0 aromatic carbocycles. The molecule has 0 aromatic rings. The van der Waals surface area contributed by atoms with Gasteiger partial charge in [-0.2, -0.15) is 0 Å². The van der Waals surface area contributed by atoms with Crippen molar-refractivity contribution in [1.29, 1.82) is 0 Å². The van der Waals surface area contributed by atoms with Crippen LogP contribution in [0.1, 0.15) is 58.3 Å². The average Bonchev–Trinajstić information content (AvgIpc) is 2.29. The molecular formula is C13H22O2. The Labute approximate surface area is 93.3 Å². The van der Waals surface area contributed by atoms with Gasteiger partial charge in [0, 0.05) is 12.8 Å². The van der Waals surface area contributed by atoms with Gasteiger partial charge in [0.15, 0.2) is 0 Å². The van der Waals surface area contributed by atoms with E-state index in [1.54, 1.807) is 0 Å². The largest absolute Gasteiger partial charge is 0.414 e. The second-order valence-corrected chi connectivity index (χ2v) is 4.00. The molecule has 15 heavy (non-hydrogen) atoms. The Bertz CT molecular complexity index is 196. The topological polar surface area (TPSA) is 18.5 Å². The predicted octanol–water partition coefficient (Wildman–Crippen LogP) is 3.46. The van der Waals surface area contributed by atoms with Crippen LogP contribution in [0.2, 0.25) is 0 Å². The molecule has 0 aliphatic carbocycles. The van der Waals surface area contributed by atoms with Crippen LogP contribution in [0.15, 0.2) is 0 Å². The van der Waals surface area contributed by atoms with E-state index in [0.29, 0.717) is 0 Å². The van der Waals surface area contributed by atoms with Gasteiger partial charge in [-0.3, -0.25) is 0 Å². The summed E-state index contributed by atoms with van der Waals surface area (Å²) in [4.78, 5) is 0. The summed E-state index contributed by atoms with van der Waals surface area (Å²) >= 11 is 0. The minimum absolute atomic E-state index is 0.0677. The standard InChI is InChI=1S/C13H22O2/c1-2-3-4-5-6-8-11-14-13-10-7-9-12-15-13/h13H,2-7,9-10,12H2,1H3. The first-order valence-electron chi connectivity index (χ1n) is 6.18. The Kier molecular flexibility index (Phi) is 7.12. The van der Waals surface area contributed by atoms with E-state index in [9.17, 15) is 0 Å². The van der Waals surface area contributed by atoms with Gasteiger partial charge >= 0.3 is 0 Å². The quantitative estimate of drug-likeness (QED) is 0.511. The van der Waals surface area contributed by atoms with Gasteiger partial charge < -0.3 is 9.47 Å². The van der Waals surface area contributed by atoms with E-state index in [1.165, 1.54) is 32.1 Å². The smallest absolute Gasteiger partial charge is 0.210 e. The van der Waals surface area contributed by atoms with Crippen molar-refractivity contribution < 1.29 is 9.47 Å². The molecule has 0 amide bonds. The Hall–Kier alpha value is -0.680. The third kappa shape index (κ3) is 6.41. The second kappa shape index (κ2) is 8.61. The first-order valence-corrected chi connectivity index (χ1v) is 6.18. The van der Waals surface area contributed by atoms with E-state index in [2.05, 4.69) is 19.0 Å². The van der Waals surface area contributed by atoms with Crippen LogP contribution in [0.25, 0.3) is 0 Å². The fourth-order valence-corrected chi connectivity index (χ4v) is 1.60. The number of ether oxygens (including phenoxy) is 2. The molecule has 1 saturated heterocycles. The molecule has 2 heteroatoms. The summed E-state index contributed by atoms with van der Waals surface area (Å²) < 4.78 is 10.7. The Morgan fingerprint density at radius 3 is 2.93 bits per heavy atom. The highest BCUT2D eigenvalue weighted by Gasteiger charge is 2.12. The van der Waals surface area contributed by atoms with E-state index >= 15 is 0 Å². The van der Waals surface area contributed by atoms with Crippen molar-refractivity contribution in [2.45, 2.75) is 64.6 Å². The van der Waals surface area contributed by atoms with E-state index in [0.717, 1.165) is 25.9 Å². The molecule has 1 aliphatic rings. The van der Waals surface area contributed by atoms with Crippen molar-refractivity contribution >= 4 is 0 Å². The fraction of sp³-hybridized carbons (Fsp3) is 0.846. The Morgan fingerprint density at radius 1 is 1.27 bits per heavy atom. The molecule has 86 valence electrons. The van der Waals surface area contributed by atoms with Gasteiger partial charge in [0.2, 0.25) is 6.29 Å². The maximum atomic E-state index is 5.40. The number of rotatable bonds is 5. The van der Waals surface area contributed by atoms with Crippen LogP contribution in [0.3, 0.4) is 0 Å². The minimum Gasteiger partial charge on any atom is -0.414 e. The van der Waals surface area contributed by atoms with Crippen molar-refractivity contribution in [3.05, 3.63) is 0 Å². The zero-order valence-electron chi connectivity index (χ0n) is 9.76. The van der Waals surface area contributed by atoms with Crippen LogP contribution >= 0.6 is 0 Å². The van der Waals surface area contributed by atoms with Gasteiger partial charge in [0.25, 0.3) is 0 Å². The SMILES string of the molecule is CCCCCCC#COC1CCCCO1. The summed E-state index contributed by atoms with van der Waals surface area (Å²) in [5.41, 5.74) is 0. The highest BCUT2D eigenvalue weighted by molar-refractivity contribution is 4.91. The van der Waals surface area contributed by atoms with Crippen LogP contribution in [-0.2, 0) is 9.47 Å². The Balaban J connectivity index is 1.95. The highest BCUT2D eigenvalue weighted by atomic mass is 16.7. The molecule has 1 unspecified atom stereocenters. The maximum absolute atomic E-state index is 5.40. The van der Waals surface area contributed by atoms with E-state index in [4.69, 9.17) is 9.47 Å². The molecule has 0 saturated carbocycles. The van der Waals surface area contributed by atoms with Gasteiger partial charge in [-0.1, -0.05) is 32.1 Å². The summed E-state index contributed by atoms with van der Waals surface area (Å²) in [6, 6.07) is 0. The second-order valence-electron chi connectivity index (χ2n) is 4.00. The summed E-state index contributed by atoms with van der Waals surface area (Å²) in [6.07, 6.45) is 12.0. The molecule has 0 N–H and O–H groups in total. The zero-order chi connectivity index (χ0) is 10.8. The third-order valence-electron chi connectivity index (χ3n) is 2.56. The fourth-order valence-electron chi connectivity index (χ4n) is 1.60. The van der Waals surface area contributed by atoms with Crippen molar-refractivity contribution in [1.82, 2.24) is 0 Å². The number of hydrogen-bond donors (Lipinski definition) is 0. The van der Waals surface area contributed by atoms with Gasteiger partial charge in [-0.15, -0.1) is 0 Å². The number of hydrogen-bond acceptors (Lipinski definition) is 2. The van der Waals surface area contributed by atoms with Crippen molar-refractivity contribution in [3.63, 3.8) is 0 Å². The molecule has 1 aliphatic heterocycles. The minimum atomic E-state index is -0.0677. The van der Waals surface area contributed by atoms with Gasteiger partial charge in [-0.05, 0) is 19.3 Å². The lowest BCUT2D eigenvalue weighted by molar-refractivity contribution is -0.121. The van der Waals surface area contributed by atoms with Crippen LogP contribution in [-0.4, -0.2) is 12.9 Å². The maximum Gasteiger partial charge on any atom is 0.210 e. The van der Waals surface area contributed by atoms with E-state index in [-0.39, 0.29) is 6.29 Å². The molecule has 1 fully saturated rings. The molecular weight excluding hydrogens is 188 g/mol. The molecule has 0 radical (unpaired) electrons. The first kappa shape index (κ1) is 12.4. The third-order valence-corrected chi connectivity index (χ3v) is 2.56. The lowest BCUT2D eigenvalue weighted by Crippen LogP contribution is -2.20. The lowest BCUT2D eigenvalue weighted by atomic mass is 10.2. The highest BCUT2D eigenvalue weighted by Crippen LogP contribution is 2.12. The summed E-state index contributed by atoms with van der Waals surface area (Å²) in [5.74, 6) is 3.04. The molecule has 1 atom stereocenters. The van der Waals surface area contributed by atoms with Crippen molar-refractivity contribution in [2.24, 2.45) is 0 Å². The molecule has 0 bridgehead atoms. The monoisotopic (exact) mass is 210 g/mol. The average molecular weight is 210 g/mol. The summed E-state index contributed by atoms with van der Waals surface area (Å²) in [5, 5.41) is 0. The van der Waals surface area contributed by atoms with Gasteiger partial charge in [0.05, 0.1) is 6.61 Å². The van der Waals surface area contributed by atoms with Gasteiger partial charge in [0.1, 0.15) is 6.11 Å². The van der Waals surface area contributed by atoms with Crippen LogP contribution in [0.5, 0.6) is 0 Å². The van der Waals surface area contributed by atoms with Crippen molar-refractivity contribution in [3.8, 4) is 12.0 Å². The molecule has 1 heterocycles. The molecule has 2 nitrogen and oxygen atoms in total. The van der Waals surface area contributed by atoms with E-state index in [1.807, 2.05) is 0 Å². The van der Waals surface area contributed by atoms with Gasteiger partial charge in [-0.25, -0.2) is 0 Å². The molecule has 1 rings (SSSR count). The van der Waals surface area contributed by atoms with Crippen LogP contribution < -0.4 is 0 Å². The first-order chi connectivity index (χ1) is 7.43.